The standard InChI is InChI=1S/C19H21N3O4S/c1-13-11-15-16(22(3)19(24)18(23)21(15)2)12-17(13)27(25,26)20-10-9-14-7-5-4-6-8-14/h4-8,11-12,20H,9-10H2,1-3H3. The fourth-order valence-electron chi connectivity index (χ4n) is 3.05. The summed E-state index contributed by atoms with van der Waals surface area (Å²) in [7, 11) is -0.801. The van der Waals surface area contributed by atoms with Crippen LogP contribution in [0.1, 0.15) is 11.1 Å². The molecule has 1 aromatic heterocycles. The molecular weight excluding hydrogens is 366 g/mol. The molecule has 7 nitrogen and oxygen atoms in total. The van der Waals surface area contributed by atoms with Crippen LogP contribution in [0.25, 0.3) is 11.0 Å². The first kappa shape index (κ1) is 19.1. The topological polar surface area (TPSA) is 90.2 Å². The summed E-state index contributed by atoms with van der Waals surface area (Å²) in [4.78, 5) is 24.1. The monoisotopic (exact) mass is 387 g/mol. The number of aromatic nitrogens is 2. The van der Waals surface area contributed by atoms with Gasteiger partial charge in [0.15, 0.2) is 0 Å². The molecule has 2 aromatic carbocycles. The van der Waals surface area contributed by atoms with E-state index in [1.165, 1.54) is 29.3 Å². The average molecular weight is 387 g/mol. The zero-order valence-electron chi connectivity index (χ0n) is 15.4. The lowest BCUT2D eigenvalue weighted by Crippen LogP contribution is -2.39. The third-order valence-corrected chi connectivity index (χ3v) is 6.23. The first-order valence-corrected chi connectivity index (χ1v) is 9.94. The summed E-state index contributed by atoms with van der Waals surface area (Å²) in [6.07, 6.45) is 0.569. The van der Waals surface area contributed by atoms with Crippen molar-refractivity contribution >= 4 is 21.1 Å². The van der Waals surface area contributed by atoms with Crippen molar-refractivity contribution in [2.75, 3.05) is 6.54 Å². The van der Waals surface area contributed by atoms with Crippen LogP contribution >= 0.6 is 0 Å². The Morgan fingerprint density at radius 1 is 0.926 bits per heavy atom. The Balaban J connectivity index is 1.99. The predicted molar refractivity (Wildman–Crippen MR) is 105 cm³/mol. The second kappa shape index (κ2) is 7.13. The number of hydrogen-bond donors (Lipinski definition) is 1. The maximum absolute atomic E-state index is 12.8. The Morgan fingerprint density at radius 2 is 1.48 bits per heavy atom. The van der Waals surface area contributed by atoms with Gasteiger partial charge >= 0.3 is 11.1 Å². The van der Waals surface area contributed by atoms with Crippen LogP contribution in [0, 0.1) is 6.92 Å². The van der Waals surface area contributed by atoms with Gasteiger partial charge in [-0.15, -0.1) is 0 Å². The summed E-state index contributed by atoms with van der Waals surface area (Å²) in [5.41, 5.74) is 1.07. The number of sulfonamides is 1. The van der Waals surface area contributed by atoms with Crippen LogP contribution in [-0.2, 0) is 30.5 Å². The molecule has 0 aliphatic carbocycles. The zero-order chi connectivity index (χ0) is 19.8. The first-order chi connectivity index (χ1) is 12.7. The third-order valence-electron chi connectivity index (χ3n) is 4.63. The lowest BCUT2D eigenvalue weighted by molar-refractivity contribution is 0.581. The lowest BCUT2D eigenvalue weighted by Gasteiger charge is -2.14. The minimum atomic E-state index is -3.76. The van der Waals surface area contributed by atoms with Crippen molar-refractivity contribution < 1.29 is 8.42 Å². The van der Waals surface area contributed by atoms with E-state index in [-0.39, 0.29) is 11.4 Å². The number of hydrogen-bond acceptors (Lipinski definition) is 4. The molecule has 8 heteroatoms. The Hall–Kier alpha value is -2.71. The highest BCUT2D eigenvalue weighted by Crippen LogP contribution is 2.21. The highest BCUT2D eigenvalue weighted by molar-refractivity contribution is 7.89. The Morgan fingerprint density at radius 3 is 2.07 bits per heavy atom. The van der Waals surface area contributed by atoms with E-state index in [2.05, 4.69) is 4.72 Å². The van der Waals surface area contributed by atoms with Crippen molar-refractivity contribution in [1.29, 1.82) is 0 Å². The van der Waals surface area contributed by atoms with Gasteiger partial charge in [-0.25, -0.2) is 13.1 Å². The van der Waals surface area contributed by atoms with Crippen LogP contribution in [-0.4, -0.2) is 24.1 Å². The minimum absolute atomic E-state index is 0.0942. The van der Waals surface area contributed by atoms with Crippen LogP contribution in [0.4, 0.5) is 0 Å². The quantitative estimate of drug-likeness (QED) is 0.663. The maximum Gasteiger partial charge on any atom is 0.316 e. The van der Waals surface area contributed by atoms with E-state index >= 15 is 0 Å². The molecule has 0 atom stereocenters. The van der Waals surface area contributed by atoms with Gasteiger partial charge in [-0.05, 0) is 36.6 Å². The minimum Gasteiger partial charge on any atom is -0.305 e. The first-order valence-electron chi connectivity index (χ1n) is 8.46. The Labute approximate surface area is 156 Å². The fraction of sp³-hybridized carbons (Fsp3) is 0.263. The molecular formula is C19H21N3O4S. The molecule has 0 fully saturated rings. The molecule has 0 saturated heterocycles. The number of fused-ring (bicyclic) bond motifs is 1. The predicted octanol–water partition coefficient (Wildman–Crippen LogP) is 1.07. The normalized spacial score (nSPS) is 11.8. The molecule has 0 aliphatic heterocycles. The average Bonchev–Trinajstić information content (AvgIpc) is 2.65. The van der Waals surface area contributed by atoms with Crippen molar-refractivity contribution in [2.45, 2.75) is 18.2 Å². The molecule has 0 radical (unpaired) electrons. The van der Waals surface area contributed by atoms with Crippen molar-refractivity contribution in [3.63, 3.8) is 0 Å². The molecule has 0 spiro atoms. The van der Waals surface area contributed by atoms with Gasteiger partial charge in [0.25, 0.3) is 0 Å². The van der Waals surface area contributed by atoms with Gasteiger partial charge in [-0.2, -0.15) is 0 Å². The molecule has 1 heterocycles. The second-order valence-corrected chi connectivity index (χ2v) is 8.20. The van der Waals surface area contributed by atoms with Crippen molar-refractivity contribution in [3.8, 4) is 0 Å². The summed E-state index contributed by atoms with van der Waals surface area (Å²) in [5.74, 6) is 0. The second-order valence-electron chi connectivity index (χ2n) is 6.47. The van der Waals surface area contributed by atoms with Gasteiger partial charge in [0.2, 0.25) is 10.0 Å². The summed E-state index contributed by atoms with van der Waals surface area (Å²) in [6.45, 7) is 1.93. The van der Waals surface area contributed by atoms with Gasteiger partial charge < -0.3 is 9.13 Å². The van der Waals surface area contributed by atoms with Gasteiger partial charge in [-0.1, -0.05) is 30.3 Å². The summed E-state index contributed by atoms with van der Waals surface area (Å²) < 4.78 is 30.6. The molecule has 142 valence electrons. The Bertz CT molecular complexity index is 1230. The molecule has 0 saturated carbocycles. The van der Waals surface area contributed by atoms with Gasteiger partial charge in [0.05, 0.1) is 15.9 Å². The molecule has 1 N–H and O–H groups in total. The largest absolute Gasteiger partial charge is 0.316 e. The molecule has 0 aliphatic rings. The molecule has 27 heavy (non-hydrogen) atoms. The summed E-state index contributed by atoms with van der Waals surface area (Å²) in [6, 6.07) is 12.6. The fourth-order valence-corrected chi connectivity index (χ4v) is 4.32. The molecule has 0 bridgehead atoms. The zero-order valence-corrected chi connectivity index (χ0v) is 16.2. The van der Waals surface area contributed by atoms with E-state index in [1.54, 1.807) is 13.0 Å². The Kier molecular flexibility index (Phi) is 5.03. The van der Waals surface area contributed by atoms with Crippen LogP contribution in [0.5, 0.6) is 0 Å². The number of nitrogens with one attached hydrogen (secondary N) is 1. The van der Waals surface area contributed by atoms with Gasteiger partial charge in [-0.3, -0.25) is 9.59 Å². The lowest BCUT2D eigenvalue weighted by atomic mass is 10.2. The molecule has 0 amide bonds. The van der Waals surface area contributed by atoms with Crippen molar-refractivity contribution in [1.82, 2.24) is 13.9 Å². The highest BCUT2D eigenvalue weighted by atomic mass is 32.2. The number of rotatable bonds is 5. The third kappa shape index (κ3) is 3.58. The van der Waals surface area contributed by atoms with E-state index in [1.807, 2.05) is 30.3 Å². The molecule has 0 unspecified atom stereocenters. The van der Waals surface area contributed by atoms with E-state index in [9.17, 15) is 18.0 Å². The molecule has 3 aromatic rings. The van der Waals surface area contributed by atoms with Crippen molar-refractivity contribution in [2.24, 2.45) is 14.1 Å². The van der Waals surface area contributed by atoms with E-state index in [0.29, 0.717) is 23.0 Å². The summed E-state index contributed by atoms with van der Waals surface area (Å²) in [5, 5.41) is 0. The van der Waals surface area contributed by atoms with Gasteiger partial charge in [0.1, 0.15) is 0 Å². The van der Waals surface area contributed by atoms with E-state index < -0.39 is 21.1 Å². The van der Waals surface area contributed by atoms with Crippen molar-refractivity contribution in [3.05, 3.63) is 74.3 Å². The highest BCUT2D eigenvalue weighted by Gasteiger charge is 2.19. The maximum atomic E-state index is 12.8. The number of benzene rings is 2. The van der Waals surface area contributed by atoms with E-state index in [0.717, 1.165) is 5.56 Å². The van der Waals surface area contributed by atoms with Crippen LogP contribution in [0.2, 0.25) is 0 Å². The smallest absolute Gasteiger partial charge is 0.305 e. The number of aryl methyl sites for hydroxylation is 3. The number of nitrogens with zero attached hydrogens (tertiary/aromatic N) is 2. The molecule has 3 rings (SSSR count). The van der Waals surface area contributed by atoms with Crippen LogP contribution in [0.15, 0.2) is 56.9 Å². The summed E-state index contributed by atoms with van der Waals surface area (Å²) >= 11 is 0. The van der Waals surface area contributed by atoms with Gasteiger partial charge in [0, 0.05) is 20.6 Å². The van der Waals surface area contributed by atoms with Crippen LogP contribution in [0.3, 0.4) is 0 Å². The SMILES string of the molecule is Cc1cc2c(cc1S(=O)(=O)NCCc1ccccc1)n(C)c(=O)c(=O)n2C. The van der Waals surface area contributed by atoms with Crippen LogP contribution < -0.4 is 15.8 Å². The van der Waals surface area contributed by atoms with E-state index in [4.69, 9.17) is 0 Å².